The van der Waals surface area contributed by atoms with Gasteiger partial charge < -0.3 is 15.2 Å². The summed E-state index contributed by atoms with van der Waals surface area (Å²) in [6, 6.07) is -0.531. The molecule has 2 radical (unpaired) electrons. The van der Waals surface area contributed by atoms with Crippen LogP contribution in [0.3, 0.4) is 0 Å². The zero-order chi connectivity index (χ0) is 21.9. The minimum absolute atomic E-state index is 0.0529. The predicted molar refractivity (Wildman–Crippen MR) is 127 cm³/mol. The van der Waals surface area contributed by atoms with Crippen LogP contribution < -0.4 is 5.32 Å². The Balaban J connectivity index is 1.79. The fraction of sp³-hybridized carbons (Fsp3) is 0.960. The molecule has 0 bridgehead atoms. The molecule has 174 valence electrons. The van der Waals surface area contributed by atoms with Crippen molar-refractivity contribution in [1.82, 2.24) is 5.32 Å². The summed E-state index contributed by atoms with van der Waals surface area (Å²) in [5.41, 5.74) is 0. The van der Waals surface area contributed by atoms with Crippen LogP contribution in [-0.4, -0.2) is 43.6 Å². The van der Waals surface area contributed by atoms with Crippen molar-refractivity contribution in [2.75, 3.05) is 6.61 Å². The molecule has 30 heavy (non-hydrogen) atoms. The standard InChI is InChI=1S/C25H48BNO3/c1-2-3-4-5-6-7-8-9-10-11-12-13-14-15-16-17-18-19-25(29)27-22-20-24(26)30-23(22)21-28/h22-24,28H,2-21H2,1H3,(H,27,29)/t22?,23-,24-/m1/s1. The highest BCUT2D eigenvalue weighted by atomic mass is 16.5. The van der Waals surface area contributed by atoms with E-state index in [-0.39, 0.29) is 30.7 Å². The first-order chi connectivity index (χ1) is 14.7. The van der Waals surface area contributed by atoms with Crippen molar-refractivity contribution in [3.05, 3.63) is 0 Å². The number of nitrogens with one attached hydrogen (secondary N) is 1. The van der Waals surface area contributed by atoms with Crippen LogP contribution in [0.1, 0.15) is 129 Å². The van der Waals surface area contributed by atoms with E-state index in [1.165, 1.54) is 96.3 Å². The number of carbonyl (C=O) groups excluding carboxylic acids is 1. The van der Waals surface area contributed by atoms with Crippen LogP contribution in [0.25, 0.3) is 0 Å². The minimum atomic E-state index is -0.382. The van der Waals surface area contributed by atoms with E-state index in [2.05, 4.69) is 12.2 Å². The van der Waals surface area contributed by atoms with Gasteiger partial charge in [0.25, 0.3) is 0 Å². The molecule has 0 aliphatic carbocycles. The maximum absolute atomic E-state index is 12.0. The van der Waals surface area contributed by atoms with E-state index >= 15 is 0 Å². The van der Waals surface area contributed by atoms with Gasteiger partial charge >= 0.3 is 0 Å². The van der Waals surface area contributed by atoms with E-state index in [1.807, 2.05) is 0 Å². The highest BCUT2D eigenvalue weighted by Crippen LogP contribution is 2.18. The second-order valence-corrected chi connectivity index (χ2v) is 9.21. The Labute approximate surface area is 187 Å². The van der Waals surface area contributed by atoms with Crippen LogP contribution in [0, 0.1) is 0 Å². The Morgan fingerprint density at radius 2 is 1.27 bits per heavy atom. The quantitative estimate of drug-likeness (QED) is 0.193. The molecule has 1 rings (SSSR count). The van der Waals surface area contributed by atoms with Crippen LogP contribution in [0.4, 0.5) is 0 Å². The number of rotatable bonds is 20. The Morgan fingerprint density at radius 3 is 1.70 bits per heavy atom. The van der Waals surface area contributed by atoms with Gasteiger partial charge in [-0.3, -0.25) is 4.79 Å². The summed E-state index contributed by atoms with van der Waals surface area (Å²) in [5.74, 6) is 0.0529. The molecule has 1 aliphatic rings. The Bertz CT molecular complexity index is 408. The summed E-state index contributed by atoms with van der Waals surface area (Å²) in [4.78, 5) is 12.0. The fourth-order valence-corrected chi connectivity index (χ4v) is 4.39. The van der Waals surface area contributed by atoms with Gasteiger partial charge in [-0.15, -0.1) is 0 Å². The lowest BCUT2D eigenvalue weighted by atomic mass is 9.95. The average Bonchev–Trinajstić information content (AvgIpc) is 3.09. The monoisotopic (exact) mass is 421 g/mol. The number of hydrogen-bond acceptors (Lipinski definition) is 3. The van der Waals surface area contributed by atoms with Crippen molar-refractivity contribution in [1.29, 1.82) is 0 Å². The molecule has 3 atom stereocenters. The molecule has 0 aromatic rings. The molecule has 1 fully saturated rings. The molecule has 1 unspecified atom stereocenters. The molecule has 2 N–H and O–H groups in total. The Kier molecular flexibility index (Phi) is 17.6. The lowest BCUT2D eigenvalue weighted by Gasteiger charge is -2.17. The zero-order valence-corrected chi connectivity index (χ0v) is 19.7. The molecule has 1 saturated heterocycles. The van der Waals surface area contributed by atoms with Gasteiger partial charge in [-0.1, -0.05) is 110 Å². The third-order valence-electron chi connectivity index (χ3n) is 6.32. The molecule has 0 aromatic heterocycles. The Morgan fingerprint density at radius 1 is 0.833 bits per heavy atom. The van der Waals surface area contributed by atoms with Gasteiger partial charge in [0.15, 0.2) is 0 Å². The average molecular weight is 421 g/mol. The summed E-state index contributed by atoms with van der Waals surface area (Å²) in [5, 5.41) is 12.2. The summed E-state index contributed by atoms with van der Waals surface area (Å²) < 4.78 is 5.38. The van der Waals surface area contributed by atoms with Gasteiger partial charge in [-0.25, -0.2) is 0 Å². The zero-order valence-electron chi connectivity index (χ0n) is 19.7. The number of aliphatic hydroxyl groups excluding tert-OH is 1. The molecule has 0 spiro atoms. The molecule has 5 heteroatoms. The second kappa shape index (κ2) is 19.2. The number of amides is 1. The highest BCUT2D eigenvalue weighted by molar-refractivity contribution is 6.11. The van der Waals surface area contributed by atoms with Crippen LogP contribution in [0.2, 0.25) is 0 Å². The van der Waals surface area contributed by atoms with Gasteiger partial charge in [-0.05, 0) is 12.8 Å². The lowest BCUT2D eigenvalue weighted by molar-refractivity contribution is -0.122. The molecule has 1 aliphatic heterocycles. The molecule has 4 nitrogen and oxygen atoms in total. The SMILES string of the molecule is [B][C@H]1CC(NC(=O)CCCCCCCCCCCCCCCCCCC)[C@@H](CO)O1. The van der Waals surface area contributed by atoms with Gasteiger partial charge in [-0.2, -0.15) is 0 Å². The molecular weight excluding hydrogens is 373 g/mol. The van der Waals surface area contributed by atoms with Crippen molar-refractivity contribution in [2.45, 2.75) is 147 Å². The van der Waals surface area contributed by atoms with Crippen molar-refractivity contribution < 1.29 is 14.6 Å². The summed E-state index contributed by atoms with van der Waals surface area (Å²) in [7, 11) is 5.73. The first-order valence-corrected chi connectivity index (χ1v) is 13.0. The van der Waals surface area contributed by atoms with Crippen LogP contribution in [-0.2, 0) is 9.53 Å². The predicted octanol–water partition coefficient (Wildman–Crippen LogP) is 5.79. The third-order valence-corrected chi connectivity index (χ3v) is 6.32. The van der Waals surface area contributed by atoms with Gasteiger partial charge in [0.1, 0.15) is 14.0 Å². The fourth-order valence-electron chi connectivity index (χ4n) is 4.39. The topological polar surface area (TPSA) is 58.6 Å². The van der Waals surface area contributed by atoms with Crippen LogP contribution in [0.5, 0.6) is 0 Å². The summed E-state index contributed by atoms with van der Waals surface area (Å²) in [6.07, 6.45) is 23.6. The molecule has 0 aromatic carbocycles. The Hall–Kier alpha value is -0.545. The summed E-state index contributed by atoms with van der Waals surface area (Å²) >= 11 is 0. The number of aliphatic hydroxyl groups is 1. The van der Waals surface area contributed by atoms with E-state index in [0.717, 1.165) is 12.8 Å². The van der Waals surface area contributed by atoms with Crippen LogP contribution in [0.15, 0.2) is 0 Å². The largest absolute Gasteiger partial charge is 0.394 e. The van der Waals surface area contributed by atoms with E-state index in [9.17, 15) is 9.90 Å². The van der Waals surface area contributed by atoms with E-state index in [0.29, 0.717) is 12.8 Å². The van der Waals surface area contributed by atoms with Crippen molar-refractivity contribution >= 4 is 13.8 Å². The number of carbonyl (C=O) groups is 1. The number of ether oxygens (including phenoxy) is 1. The number of unbranched alkanes of at least 4 members (excludes halogenated alkanes) is 16. The molecule has 0 saturated carbocycles. The van der Waals surface area contributed by atoms with Gasteiger partial charge in [0.05, 0.1) is 12.6 Å². The maximum Gasteiger partial charge on any atom is 0.220 e. The highest BCUT2D eigenvalue weighted by Gasteiger charge is 2.32. The van der Waals surface area contributed by atoms with Crippen molar-refractivity contribution in [3.63, 3.8) is 0 Å². The van der Waals surface area contributed by atoms with Crippen LogP contribution >= 0.6 is 0 Å². The molecule has 1 heterocycles. The lowest BCUT2D eigenvalue weighted by Crippen LogP contribution is -2.41. The third kappa shape index (κ3) is 14.5. The van der Waals surface area contributed by atoms with Crippen molar-refractivity contribution in [3.8, 4) is 0 Å². The van der Waals surface area contributed by atoms with E-state index in [4.69, 9.17) is 12.6 Å². The van der Waals surface area contributed by atoms with E-state index < -0.39 is 0 Å². The van der Waals surface area contributed by atoms with Gasteiger partial charge in [0, 0.05) is 12.4 Å². The maximum atomic E-state index is 12.0. The molecular formula is C25H48BNO3. The molecule has 1 amide bonds. The smallest absolute Gasteiger partial charge is 0.220 e. The first kappa shape index (κ1) is 27.5. The number of hydrogen-bond donors (Lipinski definition) is 2. The minimum Gasteiger partial charge on any atom is -0.394 e. The van der Waals surface area contributed by atoms with E-state index in [1.54, 1.807) is 0 Å². The van der Waals surface area contributed by atoms with Crippen molar-refractivity contribution in [2.24, 2.45) is 0 Å². The summed E-state index contributed by atoms with van der Waals surface area (Å²) in [6.45, 7) is 2.18. The first-order valence-electron chi connectivity index (χ1n) is 13.0. The second-order valence-electron chi connectivity index (χ2n) is 9.21. The normalized spacial score (nSPS) is 21.2. The van der Waals surface area contributed by atoms with Gasteiger partial charge in [0.2, 0.25) is 5.91 Å².